The molecule has 0 radical (unpaired) electrons. The second-order valence-corrected chi connectivity index (χ2v) is 6.95. The summed E-state index contributed by atoms with van der Waals surface area (Å²) in [7, 11) is 2.23. The van der Waals surface area contributed by atoms with Crippen molar-refractivity contribution >= 4 is 15.9 Å². The van der Waals surface area contributed by atoms with E-state index in [-0.39, 0.29) is 5.54 Å². The number of nitrogens with zero attached hydrogens (tertiary/aromatic N) is 1. The first-order chi connectivity index (χ1) is 9.40. The predicted octanol–water partition coefficient (Wildman–Crippen LogP) is 4.61. The van der Waals surface area contributed by atoms with E-state index in [0.29, 0.717) is 6.04 Å². The normalized spacial score (nSPS) is 13.8. The van der Waals surface area contributed by atoms with E-state index in [1.165, 1.54) is 12.0 Å². The molecule has 1 atom stereocenters. The van der Waals surface area contributed by atoms with Gasteiger partial charge in [0.15, 0.2) is 0 Å². The summed E-state index contributed by atoms with van der Waals surface area (Å²) in [5.74, 6) is 0. The SMILES string of the molecule is CCNC(CCN(C)C(C)(C)CC)c1ccc(Br)cc1. The van der Waals surface area contributed by atoms with Crippen LogP contribution in [0, 0.1) is 0 Å². The minimum atomic E-state index is 0.274. The Balaban J connectivity index is 2.66. The Hall–Kier alpha value is -0.380. The Morgan fingerprint density at radius 2 is 1.80 bits per heavy atom. The van der Waals surface area contributed by atoms with Crippen molar-refractivity contribution in [1.29, 1.82) is 0 Å². The molecule has 3 heteroatoms. The zero-order valence-electron chi connectivity index (χ0n) is 13.5. The Morgan fingerprint density at radius 1 is 1.20 bits per heavy atom. The Kier molecular flexibility index (Phi) is 7.21. The highest BCUT2D eigenvalue weighted by molar-refractivity contribution is 9.10. The van der Waals surface area contributed by atoms with Gasteiger partial charge in [-0.25, -0.2) is 0 Å². The Morgan fingerprint density at radius 3 is 2.30 bits per heavy atom. The first kappa shape index (κ1) is 17.7. The molecule has 0 aromatic heterocycles. The zero-order chi connectivity index (χ0) is 15.2. The summed E-state index contributed by atoms with van der Waals surface area (Å²) >= 11 is 3.50. The predicted molar refractivity (Wildman–Crippen MR) is 92.2 cm³/mol. The molecule has 1 aromatic rings. The van der Waals surface area contributed by atoms with E-state index in [4.69, 9.17) is 0 Å². The number of rotatable bonds is 8. The standard InChI is InChI=1S/C17H29BrN2/c1-6-17(3,4)20(5)13-12-16(19-7-2)14-8-10-15(18)11-9-14/h8-11,16,19H,6-7,12-13H2,1-5H3. The third kappa shape index (κ3) is 5.19. The van der Waals surface area contributed by atoms with Gasteiger partial charge in [0.1, 0.15) is 0 Å². The van der Waals surface area contributed by atoms with Crippen molar-refractivity contribution in [2.45, 2.75) is 52.1 Å². The van der Waals surface area contributed by atoms with E-state index in [9.17, 15) is 0 Å². The molecule has 0 spiro atoms. The van der Waals surface area contributed by atoms with Gasteiger partial charge in [-0.2, -0.15) is 0 Å². The maximum Gasteiger partial charge on any atom is 0.0332 e. The summed E-state index contributed by atoms with van der Waals surface area (Å²) in [4.78, 5) is 2.47. The van der Waals surface area contributed by atoms with E-state index < -0.39 is 0 Å². The highest BCUT2D eigenvalue weighted by Crippen LogP contribution is 2.22. The zero-order valence-corrected chi connectivity index (χ0v) is 15.1. The molecule has 1 rings (SSSR count). The van der Waals surface area contributed by atoms with Gasteiger partial charge in [0.25, 0.3) is 0 Å². The average Bonchev–Trinajstić information content (AvgIpc) is 2.44. The summed E-state index contributed by atoms with van der Waals surface area (Å²) in [5.41, 5.74) is 1.65. The maximum absolute atomic E-state index is 3.60. The Labute approximate surface area is 133 Å². The molecule has 1 N–H and O–H groups in total. The molecule has 0 fully saturated rings. The maximum atomic E-state index is 3.60. The van der Waals surface area contributed by atoms with Gasteiger partial charge in [-0.05, 0) is 58.0 Å². The van der Waals surface area contributed by atoms with Gasteiger partial charge in [-0.3, -0.25) is 0 Å². The average molecular weight is 341 g/mol. The van der Waals surface area contributed by atoms with Crippen LogP contribution in [0.25, 0.3) is 0 Å². The molecule has 20 heavy (non-hydrogen) atoms. The van der Waals surface area contributed by atoms with Gasteiger partial charge in [0, 0.05) is 22.6 Å². The van der Waals surface area contributed by atoms with Crippen molar-refractivity contribution in [3.05, 3.63) is 34.3 Å². The fourth-order valence-electron chi connectivity index (χ4n) is 2.22. The molecule has 0 aliphatic carbocycles. The number of benzene rings is 1. The summed E-state index contributed by atoms with van der Waals surface area (Å²) in [6, 6.07) is 9.10. The fraction of sp³-hybridized carbons (Fsp3) is 0.647. The second-order valence-electron chi connectivity index (χ2n) is 6.04. The van der Waals surface area contributed by atoms with Gasteiger partial charge in [-0.1, -0.05) is 41.9 Å². The summed E-state index contributed by atoms with van der Waals surface area (Å²) in [5, 5.41) is 3.60. The van der Waals surface area contributed by atoms with Crippen molar-refractivity contribution in [3.8, 4) is 0 Å². The molecular weight excluding hydrogens is 312 g/mol. The highest BCUT2D eigenvalue weighted by Gasteiger charge is 2.22. The molecule has 1 aromatic carbocycles. The minimum absolute atomic E-state index is 0.274. The summed E-state index contributed by atoms with van der Waals surface area (Å²) in [6.07, 6.45) is 2.31. The second kappa shape index (κ2) is 8.16. The molecule has 0 amide bonds. The Bertz CT molecular complexity index is 386. The molecular formula is C17H29BrN2. The first-order valence-electron chi connectivity index (χ1n) is 7.60. The van der Waals surface area contributed by atoms with Gasteiger partial charge in [-0.15, -0.1) is 0 Å². The fourth-order valence-corrected chi connectivity index (χ4v) is 2.49. The first-order valence-corrected chi connectivity index (χ1v) is 8.40. The molecule has 0 saturated heterocycles. The topological polar surface area (TPSA) is 15.3 Å². The minimum Gasteiger partial charge on any atom is -0.310 e. The van der Waals surface area contributed by atoms with Gasteiger partial charge in [0.05, 0.1) is 0 Å². The molecule has 1 unspecified atom stereocenters. The molecule has 114 valence electrons. The lowest BCUT2D eigenvalue weighted by molar-refractivity contribution is 0.144. The summed E-state index contributed by atoms with van der Waals surface area (Å²) < 4.78 is 1.14. The molecule has 0 aliphatic rings. The van der Waals surface area contributed by atoms with Crippen LogP contribution < -0.4 is 5.32 Å². The molecule has 0 saturated carbocycles. The molecule has 0 bridgehead atoms. The molecule has 0 aliphatic heterocycles. The number of nitrogens with one attached hydrogen (secondary N) is 1. The van der Waals surface area contributed by atoms with Crippen LogP contribution in [0.15, 0.2) is 28.7 Å². The van der Waals surface area contributed by atoms with Gasteiger partial charge < -0.3 is 10.2 Å². The molecule has 2 nitrogen and oxygen atoms in total. The van der Waals surface area contributed by atoms with Crippen LogP contribution in [-0.2, 0) is 0 Å². The van der Waals surface area contributed by atoms with Crippen molar-refractivity contribution in [2.75, 3.05) is 20.1 Å². The largest absolute Gasteiger partial charge is 0.310 e. The lowest BCUT2D eigenvalue weighted by atomic mass is 9.98. The highest BCUT2D eigenvalue weighted by atomic mass is 79.9. The van der Waals surface area contributed by atoms with Crippen LogP contribution >= 0.6 is 15.9 Å². The van der Waals surface area contributed by atoms with Crippen LogP contribution in [0.4, 0.5) is 0 Å². The molecule has 0 heterocycles. The van der Waals surface area contributed by atoms with Crippen LogP contribution in [0.2, 0.25) is 0 Å². The van der Waals surface area contributed by atoms with E-state index in [2.05, 4.69) is 85.2 Å². The van der Waals surface area contributed by atoms with E-state index >= 15 is 0 Å². The quantitative estimate of drug-likeness (QED) is 0.743. The van der Waals surface area contributed by atoms with E-state index in [1.54, 1.807) is 0 Å². The number of halogens is 1. The smallest absolute Gasteiger partial charge is 0.0332 e. The van der Waals surface area contributed by atoms with E-state index in [1.807, 2.05) is 0 Å². The van der Waals surface area contributed by atoms with Crippen molar-refractivity contribution in [2.24, 2.45) is 0 Å². The van der Waals surface area contributed by atoms with Crippen LogP contribution in [-0.4, -0.2) is 30.6 Å². The van der Waals surface area contributed by atoms with Gasteiger partial charge >= 0.3 is 0 Å². The van der Waals surface area contributed by atoms with Crippen molar-refractivity contribution in [3.63, 3.8) is 0 Å². The van der Waals surface area contributed by atoms with Crippen LogP contribution in [0.1, 0.15) is 52.1 Å². The third-order valence-electron chi connectivity index (χ3n) is 4.37. The van der Waals surface area contributed by atoms with Crippen molar-refractivity contribution < 1.29 is 0 Å². The van der Waals surface area contributed by atoms with Crippen LogP contribution in [0.5, 0.6) is 0 Å². The van der Waals surface area contributed by atoms with Crippen molar-refractivity contribution in [1.82, 2.24) is 10.2 Å². The van der Waals surface area contributed by atoms with E-state index in [0.717, 1.165) is 24.0 Å². The summed E-state index contributed by atoms with van der Waals surface area (Å²) in [6.45, 7) is 11.2. The lowest BCUT2D eigenvalue weighted by Gasteiger charge is -2.36. The number of hydrogen-bond acceptors (Lipinski definition) is 2. The monoisotopic (exact) mass is 340 g/mol. The lowest BCUT2D eigenvalue weighted by Crippen LogP contribution is -2.42. The number of hydrogen-bond donors (Lipinski definition) is 1. The van der Waals surface area contributed by atoms with Gasteiger partial charge in [0.2, 0.25) is 0 Å². The third-order valence-corrected chi connectivity index (χ3v) is 4.90. The van der Waals surface area contributed by atoms with Crippen LogP contribution in [0.3, 0.4) is 0 Å².